The van der Waals surface area contributed by atoms with Crippen molar-refractivity contribution in [1.29, 1.82) is 0 Å². The summed E-state index contributed by atoms with van der Waals surface area (Å²) in [5.74, 6) is 0.291. The minimum atomic E-state index is -0.713. The first-order valence-corrected chi connectivity index (χ1v) is 6.59. The number of hydrogen-bond donors (Lipinski definition) is 1. The van der Waals surface area contributed by atoms with E-state index in [1.54, 1.807) is 7.11 Å². The van der Waals surface area contributed by atoms with Crippen LogP contribution in [0.2, 0.25) is 0 Å². The van der Waals surface area contributed by atoms with E-state index in [1.807, 2.05) is 24.1 Å². The maximum atomic E-state index is 10.9. The van der Waals surface area contributed by atoms with Crippen molar-refractivity contribution in [2.75, 3.05) is 19.1 Å². The highest BCUT2D eigenvalue weighted by Gasteiger charge is 2.46. The van der Waals surface area contributed by atoms with Crippen LogP contribution >= 0.6 is 0 Å². The Hall–Kier alpha value is -1.71. The van der Waals surface area contributed by atoms with Crippen LogP contribution in [0.4, 0.5) is 5.69 Å². The van der Waals surface area contributed by atoms with Gasteiger partial charge in [0.25, 0.3) is 0 Å². The molecule has 1 N–H and O–H groups in total. The van der Waals surface area contributed by atoms with Gasteiger partial charge in [-0.3, -0.25) is 4.79 Å². The molecule has 0 spiro atoms. The van der Waals surface area contributed by atoms with Crippen molar-refractivity contribution >= 4 is 11.7 Å². The number of carbonyl (C=O) groups is 1. The molecule has 2 rings (SSSR count). The van der Waals surface area contributed by atoms with Gasteiger partial charge in [-0.2, -0.15) is 0 Å². The van der Waals surface area contributed by atoms with Crippen LogP contribution in [0.25, 0.3) is 0 Å². The summed E-state index contributed by atoms with van der Waals surface area (Å²) < 4.78 is 5.44. The Labute approximate surface area is 114 Å². The molecule has 0 aromatic heterocycles. The molecule has 0 radical (unpaired) electrons. The maximum Gasteiger partial charge on any atom is 0.308 e. The topological polar surface area (TPSA) is 49.8 Å². The van der Waals surface area contributed by atoms with E-state index in [0.717, 1.165) is 11.4 Å². The first-order chi connectivity index (χ1) is 8.95. The third-order valence-corrected chi connectivity index (χ3v) is 3.82. The van der Waals surface area contributed by atoms with Gasteiger partial charge in [-0.15, -0.1) is 0 Å². The van der Waals surface area contributed by atoms with Gasteiger partial charge >= 0.3 is 5.97 Å². The monoisotopic (exact) mass is 263 g/mol. The molecule has 104 valence electrons. The summed E-state index contributed by atoms with van der Waals surface area (Å²) in [5.41, 5.74) is 2.18. The number of methoxy groups -OCH3 is 1. The fourth-order valence-electron chi connectivity index (χ4n) is 2.40. The minimum absolute atomic E-state index is 0.0799. The number of nitrogens with zero attached hydrogens (tertiary/aromatic N) is 1. The number of rotatable bonds is 5. The van der Waals surface area contributed by atoms with Crippen LogP contribution in [-0.4, -0.2) is 31.3 Å². The molecule has 1 aromatic carbocycles. The number of benzene rings is 1. The molecular formula is C15H21NO3. The van der Waals surface area contributed by atoms with Crippen molar-refractivity contribution in [3.05, 3.63) is 23.8 Å². The fraction of sp³-hybridized carbons (Fsp3) is 0.533. The Balaban J connectivity index is 2.22. The number of carboxylic acids is 1. The summed E-state index contributed by atoms with van der Waals surface area (Å²) >= 11 is 0. The highest BCUT2D eigenvalue weighted by atomic mass is 16.5. The SMILES string of the molecule is COc1cc(C(C)C)ccc1N(C)C1CC1C(=O)O. The number of anilines is 1. The molecule has 0 amide bonds. The molecule has 19 heavy (non-hydrogen) atoms. The third-order valence-electron chi connectivity index (χ3n) is 3.82. The average molecular weight is 263 g/mol. The van der Waals surface area contributed by atoms with E-state index in [1.165, 1.54) is 5.56 Å². The van der Waals surface area contributed by atoms with E-state index in [2.05, 4.69) is 19.9 Å². The maximum absolute atomic E-state index is 10.9. The van der Waals surface area contributed by atoms with E-state index >= 15 is 0 Å². The third kappa shape index (κ3) is 2.67. The lowest BCUT2D eigenvalue weighted by Gasteiger charge is -2.23. The summed E-state index contributed by atoms with van der Waals surface area (Å²) in [5, 5.41) is 9.00. The Kier molecular flexibility index (Phi) is 3.69. The first-order valence-electron chi connectivity index (χ1n) is 6.59. The molecule has 1 aromatic rings. The Morgan fingerprint density at radius 1 is 1.47 bits per heavy atom. The lowest BCUT2D eigenvalue weighted by Crippen LogP contribution is -2.24. The molecule has 0 heterocycles. The Bertz CT molecular complexity index is 484. The summed E-state index contributed by atoms with van der Waals surface area (Å²) in [6, 6.07) is 6.22. The first kappa shape index (κ1) is 13.7. The van der Waals surface area contributed by atoms with Gasteiger partial charge < -0.3 is 14.7 Å². The quantitative estimate of drug-likeness (QED) is 0.887. The fourth-order valence-corrected chi connectivity index (χ4v) is 2.40. The van der Waals surface area contributed by atoms with Crippen LogP contribution in [-0.2, 0) is 4.79 Å². The van der Waals surface area contributed by atoms with Gasteiger partial charge in [0.05, 0.1) is 18.7 Å². The largest absolute Gasteiger partial charge is 0.495 e. The van der Waals surface area contributed by atoms with Crippen LogP contribution in [0.5, 0.6) is 5.75 Å². The molecule has 1 aliphatic rings. The second-order valence-corrected chi connectivity index (χ2v) is 5.44. The predicted octanol–water partition coefficient (Wildman–Crippen LogP) is 2.73. The van der Waals surface area contributed by atoms with Crippen molar-refractivity contribution in [3.63, 3.8) is 0 Å². The van der Waals surface area contributed by atoms with Crippen molar-refractivity contribution in [2.24, 2.45) is 5.92 Å². The molecule has 4 heteroatoms. The van der Waals surface area contributed by atoms with Gasteiger partial charge in [0.2, 0.25) is 0 Å². The Morgan fingerprint density at radius 2 is 2.16 bits per heavy atom. The van der Waals surface area contributed by atoms with Crippen LogP contribution in [0.1, 0.15) is 31.7 Å². The van der Waals surface area contributed by atoms with Gasteiger partial charge in [-0.1, -0.05) is 19.9 Å². The summed E-state index contributed by atoms with van der Waals surface area (Å²) in [4.78, 5) is 13.0. The molecule has 0 saturated heterocycles. The van der Waals surface area contributed by atoms with Crippen LogP contribution in [0, 0.1) is 5.92 Å². The van der Waals surface area contributed by atoms with Gasteiger partial charge in [0.1, 0.15) is 5.75 Å². The molecular weight excluding hydrogens is 242 g/mol. The standard InChI is InChI=1S/C15H21NO3/c1-9(2)10-5-6-12(14(7-10)19-4)16(3)13-8-11(13)15(17)18/h5-7,9,11,13H,8H2,1-4H3,(H,17,18). The molecule has 1 fully saturated rings. The van der Waals surface area contributed by atoms with E-state index in [4.69, 9.17) is 9.84 Å². The van der Waals surface area contributed by atoms with E-state index < -0.39 is 5.97 Å². The number of carboxylic acid groups (broad SMARTS) is 1. The molecule has 2 atom stereocenters. The van der Waals surface area contributed by atoms with Gasteiger partial charge in [-0.25, -0.2) is 0 Å². The smallest absolute Gasteiger partial charge is 0.308 e. The lowest BCUT2D eigenvalue weighted by molar-refractivity contribution is -0.138. The van der Waals surface area contributed by atoms with Crippen LogP contribution in [0.3, 0.4) is 0 Å². The van der Waals surface area contributed by atoms with Crippen LogP contribution in [0.15, 0.2) is 18.2 Å². The van der Waals surface area contributed by atoms with Crippen molar-refractivity contribution < 1.29 is 14.6 Å². The van der Waals surface area contributed by atoms with Crippen molar-refractivity contribution in [1.82, 2.24) is 0 Å². The van der Waals surface area contributed by atoms with E-state index in [9.17, 15) is 4.79 Å². The minimum Gasteiger partial charge on any atom is -0.495 e. The van der Waals surface area contributed by atoms with Gasteiger partial charge in [0.15, 0.2) is 0 Å². The van der Waals surface area contributed by atoms with Crippen molar-refractivity contribution in [2.45, 2.75) is 32.2 Å². The molecule has 1 saturated carbocycles. The van der Waals surface area contributed by atoms with E-state index in [-0.39, 0.29) is 12.0 Å². The normalized spacial score (nSPS) is 21.3. The van der Waals surface area contributed by atoms with E-state index in [0.29, 0.717) is 12.3 Å². The number of hydrogen-bond acceptors (Lipinski definition) is 3. The zero-order valence-electron chi connectivity index (χ0n) is 11.9. The second-order valence-electron chi connectivity index (χ2n) is 5.44. The molecule has 0 bridgehead atoms. The highest BCUT2D eigenvalue weighted by Crippen LogP contribution is 2.41. The average Bonchev–Trinajstić information content (AvgIpc) is 3.17. The van der Waals surface area contributed by atoms with Crippen molar-refractivity contribution in [3.8, 4) is 5.75 Å². The molecule has 1 aliphatic carbocycles. The molecule has 0 aliphatic heterocycles. The molecule has 4 nitrogen and oxygen atoms in total. The lowest BCUT2D eigenvalue weighted by atomic mass is 10.0. The number of aliphatic carboxylic acids is 1. The zero-order chi connectivity index (χ0) is 14.2. The summed E-state index contributed by atoms with van der Waals surface area (Å²) in [7, 11) is 3.58. The van der Waals surface area contributed by atoms with Gasteiger partial charge in [-0.05, 0) is 30.0 Å². The summed E-state index contributed by atoms with van der Waals surface area (Å²) in [6.07, 6.45) is 0.709. The zero-order valence-corrected chi connectivity index (χ0v) is 11.9. The summed E-state index contributed by atoms with van der Waals surface area (Å²) in [6.45, 7) is 4.28. The Morgan fingerprint density at radius 3 is 2.63 bits per heavy atom. The second kappa shape index (κ2) is 5.11. The van der Waals surface area contributed by atoms with Crippen LogP contribution < -0.4 is 9.64 Å². The van der Waals surface area contributed by atoms with Gasteiger partial charge in [0, 0.05) is 13.1 Å². The number of ether oxygens (including phenoxy) is 1. The highest BCUT2D eigenvalue weighted by molar-refractivity contribution is 5.76. The molecule has 2 unspecified atom stereocenters. The predicted molar refractivity (Wildman–Crippen MR) is 75.0 cm³/mol.